The highest BCUT2D eigenvalue weighted by atomic mass is 79.9. The Morgan fingerprint density at radius 1 is 1.05 bits per heavy atom. The number of thiophene rings is 1. The van der Waals surface area contributed by atoms with Gasteiger partial charge in [0.15, 0.2) is 11.5 Å². The number of hydrogen-bond donors (Lipinski definition) is 0. The van der Waals surface area contributed by atoms with Gasteiger partial charge < -0.3 is 14.2 Å². The van der Waals surface area contributed by atoms with Crippen LogP contribution in [-0.4, -0.2) is 21.3 Å². The van der Waals surface area contributed by atoms with Crippen molar-refractivity contribution >= 4 is 38.9 Å². The van der Waals surface area contributed by atoms with E-state index in [1.165, 1.54) is 0 Å². The molecule has 20 heavy (non-hydrogen) atoms. The first-order valence-corrected chi connectivity index (χ1v) is 7.90. The maximum Gasteiger partial charge on any atom is 0.161 e. The molecule has 2 rings (SSSR count). The number of ether oxygens (including phenoxy) is 3. The Balaban J connectivity index is 2.46. The predicted octanol–water partition coefficient (Wildman–Crippen LogP) is 4.86. The molecule has 0 radical (unpaired) electrons. The zero-order chi connectivity index (χ0) is 14.7. The Bertz CT molecular complexity index is 600. The highest BCUT2D eigenvalue weighted by molar-refractivity contribution is 9.10. The molecule has 0 bridgehead atoms. The van der Waals surface area contributed by atoms with Gasteiger partial charge in [-0.15, -0.1) is 22.9 Å². The molecule has 6 heteroatoms. The topological polar surface area (TPSA) is 27.7 Å². The van der Waals surface area contributed by atoms with Crippen molar-refractivity contribution < 1.29 is 14.2 Å². The zero-order valence-corrected chi connectivity index (χ0v) is 14.4. The smallest absolute Gasteiger partial charge is 0.161 e. The lowest BCUT2D eigenvalue weighted by Crippen LogP contribution is -1.98. The van der Waals surface area contributed by atoms with Gasteiger partial charge in [0.2, 0.25) is 0 Å². The normalized spacial score (nSPS) is 12.1. The molecular weight excluding hydrogens is 364 g/mol. The molecule has 2 aromatic rings. The van der Waals surface area contributed by atoms with Gasteiger partial charge in [-0.1, -0.05) is 15.9 Å². The van der Waals surface area contributed by atoms with Gasteiger partial charge in [-0.05, 0) is 29.1 Å². The predicted molar refractivity (Wildman–Crippen MR) is 85.8 cm³/mol. The minimum absolute atomic E-state index is 0.320. The Kier molecular flexibility index (Phi) is 5.18. The second kappa shape index (κ2) is 6.70. The van der Waals surface area contributed by atoms with E-state index in [1.807, 2.05) is 23.6 Å². The Morgan fingerprint density at radius 2 is 1.65 bits per heavy atom. The highest BCUT2D eigenvalue weighted by Gasteiger charge is 2.21. The van der Waals surface area contributed by atoms with Crippen molar-refractivity contribution in [2.75, 3.05) is 21.3 Å². The van der Waals surface area contributed by atoms with Crippen molar-refractivity contribution in [1.29, 1.82) is 0 Å². The quantitative estimate of drug-likeness (QED) is 0.696. The average Bonchev–Trinajstić information content (AvgIpc) is 2.94. The van der Waals surface area contributed by atoms with E-state index in [2.05, 4.69) is 15.9 Å². The summed E-state index contributed by atoms with van der Waals surface area (Å²) in [4.78, 5) is 0.960. The van der Waals surface area contributed by atoms with E-state index >= 15 is 0 Å². The highest BCUT2D eigenvalue weighted by Crippen LogP contribution is 2.44. The third kappa shape index (κ3) is 2.90. The second-order valence-electron chi connectivity index (χ2n) is 3.94. The van der Waals surface area contributed by atoms with Crippen LogP contribution >= 0.6 is 38.9 Å². The fourth-order valence-corrected chi connectivity index (χ4v) is 3.85. The van der Waals surface area contributed by atoms with E-state index in [0.29, 0.717) is 11.5 Å². The minimum atomic E-state index is -0.320. The van der Waals surface area contributed by atoms with Crippen molar-refractivity contribution in [2.45, 2.75) is 5.38 Å². The monoisotopic (exact) mass is 376 g/mol. The van der Waals surface area contributed by atoms with Crippen LogP contribution in [0.25, 0.3) is 0 Å². The summed E-state index contributed by atoms with van der Waals surface area (Å²) in [5.74, 6) is 2.09. The minimum Gasteiger partial charge on any atom is -0.496 e. The van der Waals surface area contributed by atoms with E-state index in [4.69, 9.17) is 25.8 Å². The molecule has 1 atom stereocenters. The summed E-state index contributed by atoms with van der Waals surface area (Å²) in [6.45, 7) is 0. The molecule has 1 aromatic heterocycles. The lowest BCUT2D eigenvalue weighted by atomic mass is 10.1. The molecule has 1 aromatic carbocycles. The van der Waals surface area contributed by atoms with Crippen LogP contribution in [0.15, 0.2) is 28.1 Å². The van der Waals surface area contributed by atoms with Crippen LogP contribution < -0.4 is 14.2 Å². The van der Waals surface area contributed by atoms with Crippen LogP contribution in [0, 0.1) is 0 Å². The maximum atomic E-state index is 6.59. The lowest BCUT2D eigenvalue weighted by Gasteiger charge is -2.15. The molecule has 0 aliphatic heterocycles. The number of benzene rings is 1. The van der Waals surface area contributed by atoms with Crippen LogP contribution in [0.2, 0.25) is 0 Å². The van der Waals surface area contributed by atoms with E-state index in [1.54, 1.807) is 32.7 Å². The molecule has 1 heterocycles. The third-order valence-corrected chi connectivity index (χ3v) is 5.12. The molecular formula is C14H14BrClO3S. The van der Waals surface area contributed by atoms with Crippen LogP contribution in [0.4, 0.5) is 0 Å². The van der Waals surface area contributed by atoms with Crippen LogP contribution in [0.3, 0.4) is 0 Å². The van der Waals surface area contributed by atoms with E-state index < -0.39 is 0 Å². The van der Waals surface area contributed by atoms with E-state index in [0.717, 1.165) is 20.7 Å². The summed E-state index contributed by atoms with van der Waals surface area (Å²) in [5, 5.41) is 1.64. The molecule has 0 saturated heterocycles. The van der Waals surface area contributed by atoms with Crippen LogP contribution in [0.1, 0.15) is 15.8 Å². The molecule has 0 N–H and O–H groups in total. The summed E-state index contributed by atoms with van der Waals surface area (Å²) in [6, 6.07) is 5.63. The van der Waals surface area contributed by atoms with Gasteiger partial charge in [0.25, 0.3) is 0 Å². The second-order valence-corrected chi connectivity index (χ2v) is 6.18. The molecule has 108 valence electrons. The summed E-state index contributed by atoms with van der Waals surface area (Å²) in [5.41, 5.74) is 0.907. The van der Waals surface area contributed by atoms with Gasteiger partial charge in [-0.25, -0.2) is 0 Å². The van der Waals surface area contributed by atoms with Crippen LogP contribution in [-0.2, 0) is 0 Å². The largest absolute Gasteiger partial charge is 0.496 e. The first kappa shape index (κ1) is 15.5. The fourth-order valence-electron chi connectivity index (χ4n) is 1.87. The molecule has 0 aliphatic carbocycles. The number of methoxy groups -OCH3 is 3. The molecule has 3 nitrogen and oxygen atoms in total. The van der Waals surface area contributed by atoms with Gasteiger partial charge >= 0.3 is 0 Å². The molecule has 1 unspecified atom stereocenters. The summed E-state index contributed by atoms with van der Waals surface area (Å²) in [6.07, 6.45) is 0. The first-order valence-electron chi connectivity index (χ1n) is 5.79. The Labute approximate surface area is 135 Å². The standard InChI is InChI=1S/C14H14BrClO3S/c1-17-10-4-5-20-14(10)13(16)8-6-11(18-2)12(19-3)7-9(8)15/h4-7,13H,1-3H3. The van der Waals surface area contributed by atoms with Crippen molar-refractivity contribution in [3.8, 4) is 17.2 Å². The van der Waals surface area contributed by atoms with Crippen molar-refractivity contribution in [3.63, 3.8) is 0 Å². The van der Waals surface area contributed by atoms with Crippen molar-refractivity contribution in [2.24, 2.45) is 0 Å². The third-order valence-electron chi connectivity index (χ3n) is 2.88. The molecule has 0 fully saturated rings. The van der Waals surface area contributed by atoms with Crippen molar-refractivity contribution in [3.05, 3.63) is 38.5 Å². The molecule has 0 spiro atoms. The fraction of sp³-hybridized carbons (Fsp3) is 0.286. The Morgan fingerprint density at radius 3 is 2.25 bits per heavy atom. The van der Waals surface area contributed by atoms with Gasteiger partial charge in [0.1, 0.15) is 5.75 Å². The molecule has 0 saturated carbocycles. The first-order chi connectivity index (χ1) is 9.62. The number of rotatable bonds is 5. The van der Waals surface area contributed by atoms with Crippen molar-refractivity contribution in [1.82, 2.24) is 0 Å². The lowest BCUT2D eigenvalue weighted by molar-refractivity contribution is 0.354. The number of alkyl halides is 1. The number of halogens is 2. The van der Waals surface area contributed by atoms with E-state index in [-0.39, 0.29) is 5.38 Å². The van der Waals surface area contributed by atoms with Gasteiger partial charge in [-0.3, -0.25) is 0 Å². The average molecular weight is 378 g/mol. The Hall–Kier alpha value is -0.910. The molecule has 0 amide bonds. The number of hydrogen-bond acceptors (Lipinski definition) is 4. The molecule has 0 aliphatic rings. The van der Waals surface area contributed by atoms with E-state index in [9.17, 15) is 0 Å². The zero-order valence-electron chi connectivity index (χ0n) is 11.3. The summed E-state index contributed by atoms with van der Waals surface area (Å²) >= 11 is 11.7. The SMILES string of the molecule is COc1cc(Br)c(C(Cl)c2sccc2OC)cc1OC. The summed E-state index contributed by atoms with van der Waals surface area (Å²) in [7, 11) is 4.84. The summed E-state index contributed by atoms with van der Waals surface area (Å²) < 4.78 is 16.8. The van der Waals surface area contributed by atoms with Gasteiger partial charge in [0.05, 0.1) is 31.6 Å². The van der Waals surface area contributed by atoms with Gasteiger partial charge in [-0.2, -0.15) is 0 Å². The maximum absolute atomic E-state index is 6.59. The van der Waals surface area contributed by atoms with Gasteiger partial charge in [0, 0.05) is 4.47 Å². The van der Waals surface area contributed by atoms with Crippen LogP contribution in [0.5, 0.6) is 17.2 Å².